The van der Waals surface area contributed by atoms with Crippen molar-refractivity contribution >= 4 is 33.2 Å². The average molecular weight is 220 g/mol. The van der Waals surface area contributed by atoms with Gasteiger partial charge in [-0.15, -0.1) is 0 Å². The zero-order valence-electron chi connectivity index (χ0n) is 8.88. The molecule has 0 aliphatic rings. The monoisotopic (exact) mass is 220 g/mol. The summed E-state index contributed by atoms with van der Waals surface area (Å²) >= 11 is 0. The van der Waals surface area contributed by atoms with E-state index in [-0.39, 0.29) is 0 Å². The van der Waals surface area contributed by atoms with E-state index in [1.54, 1.807) is 6.20 Å². The summed E-state index contributed by atoms with van der Waals surface area (Å²) in [7, 11) is 0. The van der Waals surface area contributed by atoms with Crippen LogP contribution in [0.15, 0.2) is 42.6 Å². The second kappa shape index (κ2) is 3.01. The van der Waals surface area contributed by atoms with Crippen LogP contribution in [0.2, 0.25) is 0 Å². The zero-order valence-corrected chi connectivity index (χ0v) is 8.88. The van der Waals surface area contributed by atoms with Crippen LogP contribution >= 0.6 is 0 Å². The summed E-state index contributed by atoms with van der Waals surface area (Å²) in [5.41, 5.74) is 4.24. The number of nitrogens with one attached hydrogen (secondary N) is 1. The molecule has 0 saturated carbocycles. The molecule has 0 saturated heterocycles. The Balaban J connectivity index is 2.28. The maximum absolute atomic E-state index is 4.61. The van der Waals surface area contributed by atoms with Gasteiger partial charge in [-0.05, 0) is 18.2 Å². The van der Waals surface area contributed by atoms with Crippen molar-refractivity contribution in [3.05, 3.63) is 42.6 Å². The van der Waals surface area contributed by atoms with Gasteiger partial charge in [0.2, 0.25) is 0 Å². The van der Waals surface area contributed by atoms with Crippen LogP contribution in [0.1, 0.15) is 0 Å². The summed E-state index contributed by atoms with van der Waals surface area (Å²) in [6.45, 7) is 0. The van der Waals surface area contributed by atoms with Crippen molar-refractivity contribution in [2.75, 3.05) is 0 Å². The van der Waals surface area contributed by atoms with Crippen LogP contribution in [-0.4, -0.2) is 19.9 Å². The number of fused-ring (bicyclic) bond motifs is 4. The number of nitrogens with zero attached hydrogens (tertiary/aromatic N) is 3. The van der Waals surface area contributed by atoms with Gasteiger partial charge in [0.15, 0.2) is 11.3 Å². The molecule has 1 N–H and O–H groups in total. The van der Waals surface area contributed by atoms with Crippen molar-refractivity contribution in [2.45, 2.75) is 0 Å². The molecule has 0 radical (unpaired) electrons. The van der Waals surface area contributed by atoms with E-state index in [1.807, 2.05) is 36.4 Å². The zero-order chi connectivity index (χ0) is 11.2. The van der Waals surface area contributed by atoms with Gasteiger partial charge in [0.05, 0.1) is 0 Å². The van der Waals surface area contributed by atoms with E-state index in [0.29, 0.717) is 5.65 Å². The first-order chi connectivity index (χ1) is 8.42. The molecule has 4 nitrogen and oxygen atoms in total. The summed E-state index contributed by atoms with van der Waals surface area (Å²) in [6, 6.07) is 11.9. The van der Waals surface area contributed by atoms with Gasteiger partial charge in [0.25, 0.3) is 0 Å². The molecule has 0 fully saturated rings. The Morgan fingerprint density at radius 2 is 1.88 bits per heavy atom. The predicted octanol–water partition coefficient (Wildman–Crippen LogP) is 2.66. The Hall–Kier alpha value is -2.49. The second-order valence-corrected chi connectivity index (χ2v) is 3.94. The van der Waals surface area contributed by atoms with Crippen molar-refractivity contribution in [2.24, 2.45) is 0 Å². The lowest BCUT2D eigenvalue weighted by Gasteiger charge is -1.94. The fourth-order valence-electron chi connectivity index (χ4n) is 2.10. The Bertz CT molecular complexity index is 842. The lowest BCUT2D eigenvalue weighted by Crippen LogP contribution is -1.87. The third kappa shape index (κ3) is 1.15. The van der Waals surface area contributed by atoms with Crippen LogP contribution in [0.5, 0.6) is 0 Å². The van der Waals surface area contributed by atoms with Crippen molar-refractivity contribution in [1.29, 1.82) is 0 Å². The molecule has 0 bridgehead atoms. The molecule has 0 spiro atoms. The number of para-hydroxylation sites is 1. The number of aromatic amines is 1. The third-order valence-corrected chi connectivity index (χ3v) is 2.88. The lowest BCUT2D eigenvalue weighted by atomic mass is 10.2. The van der Waals surface area contributed by atoms with E-state index in [0.717, 1.165) is 27.6 Å². The molecule has 17 heavy (non-hydrogen) atoms. The van der Waals surface area contributed by atoms with E-state index >= 15 is 0 Å². The Kier molecular flexibility index (Phi) is 1.53. The molecule has 0 aliphatic heterocycles. The summed E-state index contributed by atoms with van der Waals surface area (Å²) in [4.78, 5) is 16.6. The van der Waals surface area contributed by atoms with Gasteiger partial charge in [-0.25, -0.2) is 15.0 Å². The number of hydrogen-bond donors (Lipinski definition) is 1. The number of aromatic nitrogens is 4. The van der Waals surface area contributed by atoms with Crippen LogP contribution in [-0.2, 0) is 0 Å². The highest BCUT2D eigenvalue weighted by atomic mass is 15.0. The molecule has 1 aromatic carbocycles. The van der Waals surface area contributed by atoms with Crippen molar-refractivity contribution in [1.82, 2.24) is 19.9 Å². The van der Waals surface area contributed by atoms with Gasteiger partial charge in [0.1, 0.15) is 11.0 Å². The van der Waals surface area contributed by atoms with E-state index < -0.39 is 0 Å². The largest absolute Gasteiger partial charge is 0.338 e. The van der Waals surface area contributed by atoms with Crippen LogP contribution in [0.25, 0.3) is 33.2 Å². The quantitative estimate of drug-likeness (QED) is 0.495. The summed E-state index contributed by atoms with van der Waals surface area (Å²) in [6.07, 6.45) is 1.73. The van der Waals surface area contributed by atoms with E-state index in [1.165, 1.54) is 0 Å². The molecule has 0 amide bonds. The molecule has 4 rings (SSSR count). The maximum atomic E-state index is 4.61. The van der Waals surface area contributed by atoms with E-state index in [2.05, 4.69) is 19.9 Å². The smallest absolute Gasteiger partial charge is 0.180 e. The van der Waals surface area contributed by atoms with Crippen LogP contribution in [0.3, 0.4) is 0 Å². The van der Waals surface area contributed by atoms with Gasteiger partial charge < -0.3 is 4.98 Å². The Morgan fingerprint density at radius 3 is 2.88 bits per heavy atom. The molecule has 0 aliphatic carbocycles. The van der Waals surface area contributed by atoms with Crippen molar-refractivity contribution < 1.29 is 0 Å². The summed E-state index contributed by atoms with van der Waals surface area (Å²) < 4.78 is 0. The van der Waals surface area contributed by atoms with E-state index in [9.17, 15) is 0 Å². The minimum atomic E-state index is 0.673. The first-order valence-electron chi connectivity index (χ1n) is 5.41. The molecule has 0 atom stereocenters. The summed E-state index contributed by atoms with van der Waals surface area (Å²) in [5.74, 6) is 0. The molecular weight excluding hydrogens is 212 g/mol. The number of pyridine rings is 1. The average Bonchev–Trinajstić information content (AvgIpc) is 2.73. The number of rotatable bonds is 0. The first-order valence-corrected chi connectivity index (χ1v) is 5.41. The minimum absolute atomic E-state index is 0.673. The maximum Gasteiger partial charge on any atom is 0.180 e. The minimum Gasteiger partial charge on any atom is -0.338 e. The normalized spacial score (nSPS) is 11.5. The molecule has 0 unspecified atom stereocenters. The Labute approximate surface area is 96.3 Å². The SMILES string of the molecule is c1cnc2nc3[nH]c4ccccc4c3nc2c1. The van der Waals surface area contributed by atoms with Gasteiger partial charge in [-0.1, -0.05) is 18.2 Å². The Morgan fingerprint density at radius 1 is 0.941 bits per heavy atom. The number of H-pyrrole nitrogens is 1. The van der Waals surface area contributed by atoms with Gasteiger partial charge in [-0.2, -0.15) is 0 Å². The number of benzene rings is 1. The third-order valence-electron chi connectivity index (χ3n) is 2.88. The fourth-order valence-corrected chi connectivity index (χ4v) is 2.10. The highest BCUT2D eigenvalue weighted by molar-refractivity contribution is 6.05. The molecule has 3 aromatic heterocycles. The van der Waals surface area contributed by atoms with Crippen molar-refractivity contribution in [3.63, 3.8) is 0 Å². The molecular formula is C13H8N4. The van der Waals surface area contributed by atoms with Crippen LogP contribution < -0.4 is 0 Å². The summed E-state index contributed by atoms with van der Waals surface area (Å²) in [5, 5.41) is 1.10. The van der Waals surface area contributed by atoms with Gasteiger partial charge >= 0.3 is 0 Å². The van der Waals surface area contributed by atoms with Crippen LogP contribution in [0.4, 0.5) is 0 Å². The standard InChI is InChI=1S/C13H8N4/c1-2-5-9-8(4-1)11-13(16-9)17-12-10(15-11)6-3-7-14-12/h1-7H,(H,14,16,17). The molecule has 3 heterocycles. The van der Waals surface area contributed by atoms with Gasteiger partial charge in [-0.3, -0.25) is 0 Å². The number of hydrogen-bond acceptors (Lipinski definition) is 3. The molecule has 80 valence electrons. The van der Waals surface area contributed by atoms with Gasteiger partial charge in [0, 0.05) is 17.1 Å². The predicted molar refractivity (Wildman–Crippen MR) is 66.7 cm³/mol. The van der Waals surface area contributed by atoms with E-state index in [4.69, 9.17) is 0 Å². The first kappa shape index (κ1) is 8.64. The molecule has 4 aromatic rings. The fraction of sp³-hybridized carbons (Fsp3) is 0. The second-order valence-electron chi connectivity index (χ2n) is 3.94. The highest BCUT2D eigenvalue weighted by Gasteiger charge is 2.07. The van der Waals surface area contributed by atoms with Crippen LogP contribution in [0, 0.1) is 0 Å². The lowest BCUT2D eigenvalue weighted by molar-refractivity contribution is 1.27. The molecule has 4 heteroatoms. The topological polar surface area (TPSA) is 54.5 Å². The van der Waals surface area contributed by atoms with Crippen molar-refractivity contribution in [3.8, 4) is 0 Å². The highest BCUT2D eigenvalue weighted by Crippen LogP contribution is 2.23.